The smallest absolute Gasteiger partial charge is 0.210 e. The van der Waals surface area contributed by atoms with Crippen LogP contribution in [0.2, 0.25) is 0 Å². The number of aromatic nitrogens is 4. The minimum atomic E-state index is -0.252. The fourth-order valence-electron chi connectivity index (χ4n) is 1.73. The number of thioether (sulfide) groups is 1. The lowest BCUT2D eigenvalue weighted by molar-refractivity contribution is 0.0993. The molecular weight excluding hydrogens is 352 g/mol. The zero-order chi connectivity index (χ0) is 15.6. The number of tetrazole rings is 1. The molecule has 0 saturated carbocycles. The second-order valence-electron chi connectivity index (χ2n) is 5.68. The van der Waals surface area contributed by atoms with Gasteiger partial charge in [-0.15, -0.1) is 5.10 Å². The number of carbonyl (C=O) groups is 1. The van der Waals surface area contributed by atoms with Crippen molar-refractivity contribution in [3.05, 3.63) is 34.3 Å². The van der Waals surface area contributed by atoms with Crippen LogP contribution in [-0.4, -0.2) is 31.2 Å². The van der Waals surface area contributed by atoms with Gasteiger partial charge in [0.2, 0.25) is 5.16 Å². The van der Waals surface area contributed by atoms with Crippen LogP contribution < -0.4 is 0 Å². The van der Waals surface area contributed by atoms with E-state index in [-0.39, 0.29) is 16.6 Å². The molecule has 0 amide bonds. The van der Waals surface area contributed by atoms with Crippen LogP contribution in [0.5, 0.6) is 0 Å². The van der Waals surface area contributed by atoms with Crippen molar-refractivity contribution >= 4 is 33.5 Å². The molecule has 1 atom stereocenters. The van der Waals surface area contributed by atoms with Crippen molar-refractivity contribution in [3.8, 4) is 0 Å². The average molecular weight is 369 g/mol. The molecule has 0 aliphatic carbocycles. The first-order valence-corrected chi connectivity index (χ1v) is 8.21. The zero-order valence-electron chi connectivity index (χ0n) is 12.4. The summed E-state index contributed by atoms with van der Waals surface area (Å²) in [7, 11) is 0. The molecule has 21 heavy (non-hydrogen) atoms. The molecule has 0 spiro atoms. The summed E-state index contributed by atoms with van der Waals surface area (Å²) in [5.41, 5.74) is 0.472. The van der Waals surface area contributed by atoms with Crippen molar-refractivity contribution in [2.45, 2.75) is 43.6 Å². The van der Waals surface area contributed by atoms with E-state index in [0.29, 0.717) is 10.7 Å². The maximum atomic E-state index is 12.4. The van der Waals surface area contributed by atoms with Crippen LogP contribution in [0.25, 0.3) is 0 Å². The first-order chi connectivity index (χ1) is 9.79. The van der Waals surface area contributed by atoms with Gasteiger partial charge in [-0.1, -0.05) is 39.8 Å². The lowest BCUT2D eigenvalue weighted by atomic mass is 10.1. The normalized spacial score (nSPS) is 13.2. The Bertz CT molecular complexity index is 633. The summed E-state index contributed by atoms with van der Waals surface area (Å²) in [4.78, 5) is 12.4. The van der Waals surface area contributed by atoms with Gasteiger partial charge in [0.1, 0.15) is 0 Å². The Balaban J connectivity index is 2.15. The molecular formula is C14H17BrN4OS. The average Bonchev–Trinajstić information content (AvgIpc) is 2.87. The van der Waals surface area contributed by atoms with Gasteiger partial charge < -0.3 is 0 Å². The Morgan fingerprint density at radius 2 is 1.90 bits per heavy atom. The number of hydrogen-bond donors (Lipinski definition) is 0. The van der Waals surface area contributed by atoms with E-state index < -0.39 is 0 Å². The largest absolute Gasteiger partial charge is 0.293 e. The molecule has 0 fully saturated rings. The van der Waals surface area contributed by atoms with Gasteiger partial charge in [-0.2, -0.15) is 0 Å². The van der Waals surface area contributed by atoms with E-state index >= 15 is 0 Å². The third-order valence-electron chi connectivity index (χ3n) is 2.86. The topological polar surface area (TPSA) is 60.7 Å². The number of carbonyl (C=O) groups excluding carboxylic acids is 1. The van der Waals surface area contributed by atoms with Crippen LogP contribution in [0.4, 0.5) is 0 Å². The molecule has 0 radical (unpaired) electrons. The van der Waals surface area contributed by atoms with Crippen LogP contribution in [-0.2, 0) is 5.54 Å². The van der Waals surface area contributed by atoms with Gasteiger partial charge in [-0.3, -0.25) is 4.79 Å². The van der Waals surface area contributed by atoms with E-state index in [4.69, 9.17) is 0 Å². The summed E-state index contributed by atoms with van der Waals surface area (Å²) in [5.74, 6) is 0.0657. The molecule has 2 aromatic rings. The fraction of sp³-hybridized carbons (Fsp3) is 0.429. The molecule has 1 aromatic carbocycles. The molecule has 0 aliphatic rings. The first kappa shape index (κ1) is 16.2. The highest BCUT2D eigenvalue weighted by molar-refractivity contribution is 9.10. The Morgan fingerprint density at radius 3 is 2.48 bits per heavy atom. The number of Topliss-reactive ketones (excluding diaryl/α,β-unsaturated/α-hetero) is 1. The quantitative estimate of drug-likeness (QED) is 0.609. The van der Waals surface area contributed by atoms with E-state index in [1.807, 2.05) is 52.0 Å². The van der Waals surface area contributed by atoms with Crippen molar-refractivity contribution in [2.75, 3.05) is 0 Å². The van der Waals surface area contributed by atoms with E-state index in [2.05, 4.69) is 31.5 Å². The second-order valence-corrected chi connectivity index (χ2v) is 7.90. The van der Waals surface area contributed by atoms with Gasteiger partial charge in [0.15, 0.2) is 5.78 Å². The molecule has 5 nitrogen and oxygen atoms in total. The number of ketones is 1. The zero-order valence-corrected chi connectivity index (χ0v) is 14.8. The van der Waals surface area contributed by atoms with E-state index in [9.17, 15) is 4.79 Å². The molecule has 2 rings (SSSR count). The van der Waals surface area contributed by atoms with Crippen molar-refractivity contribution < 1.29 is 4.79 Å². The number of benzene rings is 1. The predicted molar refractivity (Wildman–Crippen MR) is 86.6 cm³/mol. The summed E-state index contributed by atoms with van der Waals surface area (Å²) in [6.07, 6.45) is 0. The summed E-state index contributed by atoms with van der Waals surface area (Å²) < 4.78 is 2.69. The summed E-state index contributed by atoms with van der Waals surface area (Å²) in [6, 6.07) is 7.36. The Labute approximate surface area is 136 Å². The summed E-state index contributed by atoms with van der Waals surface area (Å²) >= 11 is 4.74. The lowest BCUT2D eigenvalue weighted by Gasteiger charge is -2.20. The van der Waals surface area contributed by atoms with E-state index in [1.54, 1.807) is 4.68 Å². The SMILES string of the molecule is CC(Sc1nnnn1C(C)(C)C)C(=O)c1ccc(Br)cc1. The summed E-state index contributed by atoms with van der Waals surface area (Å²) in [5, 5.41) is 12.1. The standard InChI is InChI=1S/C14H17BrN4OS/c1-9(12(20)10-5-7-11(15)8-6-10)21-13-16-17-18-19(13)14(2,3)4/h5-9H,1-4H3. The maximum Gasteiger partial charge on any atom is 0.210 e. The molecule has 112 valence electrons. The van der Waals surface area contributed by atoms with Crippen LogP contribution in [0, 0.1) is 0 Å². The highest BCUT2D eigenvalue weighted by atomic mass is 79.9. The number of nitrogens with zero attached hydrogens (tertiary/aromatic N) is 4. The minimum absolute atomic E-state index is 0.0657. The molecule has 1 aromatic heterocycles. The Morgan fingerprint density at radius 1 is 1.29 bits per heavy atom. The van der Waals surface area contributed by atoms with Crippen molar-refractivity contribution in [1.29, 1.82) is 0 Å². The molecule has 0 saturated heterocycles. The third-order valence-corrected chi connectivity index (χ3v) is 4.42. The van der Waals surface area contributed by atoms with Crippen LogP contribution in [0.3, 0.4) is 0 Å². The van der Waals surface area contributed by atoms with Gasteiger partial charge in [0.05, 0.1) is 10.8 Å². The van der Waals surface area contributed by atoms with Crippen LogP contribution in [0.1, 0.15) is 38.1 Å². The van der Waals surface area contributed by atoms with Crippen molar-refractivity contribution in [3.63, 3.8) is 0 Å². The van der Waals surface area contributed by atoms with Crippen molar-refractivity contribution in [1.82, 2.24) is 20.2 Å². The van der Waals surface area contributed by atoms with Crippen LogP contribution in [0.15, 0.2) is 33.9 Å². The number of halogens is 1. The van der Waals surface area contributed by atoms with Gasteiger partial charge in [0.25, 0.3) is 0 Å². The van der Waals surface area contributed by atoms with Crippen LogP contribution >= 0.6 is 27.7 Å². The molecule has 0 bridgehead atoms. The number of hydrogen-bond acceptors (Lipinski definition) is 5. The Kier molecular flexibility index (Phi) is 4.83. The van der Waals surface area contributed by atoms with Gasteiger partial charge >= 0.3 is 0 Å². The number of rotatable bonds is 4. The Hall–Kier alpha value is -1.21. The lowest BCUT2D eigenvalue weighted by Crippen LogP contribution is -2.25. The third kappa shape index (κ3) is 3.91. The predicted octanol–water partition coefficient (Wildman–Crippen LogP) is 3.55. The highest BCUT2D eigenvalue weighted by Gasteiger charge is 2.24. The maximum absolute atomic E-state index is 12.4. The van der Waals surface area contributed by atoms with E-state index in [0.717, 1.165) is 4.47 Å². The molecule has 0 N–H and O–H groups in total. The molecule has 1 unspecified atom stereocenters. The highest BCUT2D eigenvalue weighted by Crippen LogP contribution is 2.27. The minimum Gasteiger partial charge on any atom is -0.293 e. The van der Waals surface area contributed by atoms with Gasteiger partial charge in [0, 0.05) is 10.0 Å². The van der Waals surface area contributed by atoms with Crippen molar-refractivity contribution in [2.24, 2.45) is 0 Å². The first-order valence-electron chi connectivity index (χ1n) is 6.54. The second kappa shape index (κ2) is 6.27. The summed E-state index contributed by atoms with van der Waals surface area (Å²) in [6.45, 7) is 7.94. The van der Waals surface area contributed by atoms with Gasteiger partial charge in [-0.25, -0.2) is 4.68 Å². The van der Waals surface area contributed by atoms with Gasteiger partial charge in [-0.05, 0) is 50.3 Å². The molecule has 1 heterocycles. The monoisotopic (exact) mass is 368 g/mol. The molecule has 0 aliphatic heterocycles. The molecule has 7 heteroatoms. The van der Waals surface area contributed by atoms with E-state index in [1.165, 1.54) is 11.8 Å². The fourth-order valence-corrected chi connectivity index (χ4v) is 3.05.